The maximum atomic E-state index is 13.9. The molecule has 3 aromatic rings. The van der Waals surface area contributed by atoms with Gasteiger partial charge in [-0.2, -0.15) is 13.2 Å². The molecular weight excluding hydrogens is 597 g/mol. The maximum Gasteiger partial charge on any atom is 0.420 e. The second-order valence-corrected chi connectivity index (χ2v) is 11.9. The van der Waals surface area contributed by atoms with Gasteiger partial charge in [0.05, 0.1) is 24.5 Å². The lowest BCUT2D eigenvalue weighted by atomic mass is 9.88. The van der Waals surface area contributed by atoms with Crippen LogP contribution in [0, 0.1) is 5.92 Å². The van der Waals surface area contributed by atoms with Gasteiger partial charge in [0.2, 0.25) is 5.91 Å². The number of benzene rings is 3. The number of nitrogens with one attached hydrogen (secondary N) is 2. The molecule has 0 saturated heterocycles. The molecular formula is C36H37F3N2O5. The van der Waals surface area contributed by atoms with Gasteiger partial charge in [-0.15, -0.1) is 0 Å². The Kier molecular flexibility index (Phi) is 10.4. The van der Waals surface area contributed by atoms with Crippen LogP contribution in [0.4, 0.5) is 18.9 Å². The average Bonchev–Trinajstić information content (AvgIpc) is 3.88. The molecule has 5 rings (SSSR count). The zero-order chi connectivity index (χ0) is 32.7. The van der Waals surface area contributed by atoms with Crippen LogP contribution in [0.25, 0.3) is 5.57 Å². The predicted octanol–water partition coefficient (Wildman–Crippen LogP) is 7.62. The van der Waals surface area contributed by atoms with Crippen LogP contribution in [0.2, 0.25) is 0 Å². The van der Waals surface area contributed by atoms with E-state index in [0.717, 1.165) is 55.7 Å². The van der Waals surface area contributed by atoms with Crippen molar-refractivity contribution in [1.82, 2.24) is 5.32 Å². The van der Waals surface area contributed by atoms with Gasteiger partial charge in [-0.05, 0) is 103 Å². The van der Waals surface area contributed by atoms with Crippen molar-refractivity contribution in [3.8, 4) is 5.75 Å². The van der Waals surface area contributed by atoms with E-state index >= 15 is 0 Å². The van der Waals surface area contributed by atoms with E-state index in [9.17, 15) is 27.6 Å². The normalized spacial score (nSPS) is 15.4. The Balaban J connectivity index is 1.36. The molecule has 1 atom stereocenters. The predicted molar refractivity (Wildman–Crippen MR) is 169 cm³/mol. The number of ether oxygens (including phenoxy) is 1. The third-order valence-electron chi connectivity index (χ3n) is 8.30. The van der Waals surface area contributed by atoms with Gasteiger partial charge in [0, 0.05) is 17.8 Å². The lowest BCUT2D eigenvalue weighted by Crippen LogP contribution is -2.26. The van der Waals surface area contributed by atoms with Gasteiger partial charge in [-0.1, -0.05) is 42.5 Å². The monoisotopic (exact) mass is 634 g/mol. The highest BCUT2D eigenvalue weighted by Gasteiger charge is 2.36. The maximum absolute atomic E-state index is 13.9. The number of hydrogen-bond donors (Lipinski definition) is 3. The van der Waals surface area contributed by atoms with Crippen molar-refractivity contribution in [1.29, 1.82) is 0 Å². The molecule has 2 amide bonds. The SMILES string of the molecule is O=C(O)CCNC(=O)c1ccc(CC(C(=O)Nc2ccc(OCC3CC3)c(C(F)(F)F)c2)c2ccc(C3=CCCCC3)cc2)cc1. The summed E-state index contributed by atoms with van der Waals surface area (Å²) in [6.07, 6.45) is 3.79. The van der Waals surface area contributed by atoms with Gasteiger partial charge in [0.15, 0.2) is 0 Å². The summed E-state index contributed by atoms with van der Waals surface area (Å²) < 4.78 is 47.3. The summed E-state index contributed by atoms with van der Waals surface area (Å²) in [5.41, 5.74) is 3.19. The molecule has 7 nitrogen and oxygen atoms in total. The number of carbonyl (C=O) groups is 3. The number of halogens is 3. The summed E-state index contributed by atoms with van der Waals surface area (Å²) in [5, 5.41) is 14.0. The molecule has 0 spiro atoms. The van der Waals surface area contributed by atoms with Crippen LogP contribution in [-0.2, 0) is 22.2 Å². The minimum atomic E-state index is -4.66. The molecule has 0 heterocycles. The second-order valence-electron chi connectivity index (χ2n) is 11.9. The molecule has 0 radical (unpaired) electrons. The van der Waals surface area contributed by atoms with Crippen LogP contribution in [0.3, 0.4) is 0 Å². The molecule has 242 valence electrons. The summed E-state index contributed by atoms with van der Waals surface area (Å²) in [7, 11) is 0. The number of carboxylic acids is 1. The molecule has 3 aromatic carbocycles. The highest BCUT2D eigenvalue weighted by atomic mass is 19.4. The van der Waals surface area contributed by atoms with Gasteiger partial charge in [0.25, 0.3) is 5.91 Å². The second kappa shape index (κ2) is 14.7. The number of carbonyl (C=O) groups excluding carboxylic acids is 2. The lowest BCUT2D eigenvalue weighted by Gasteiger charge is -2.20. The quantitative estimate of drug-likeness (QED) is 0.179. The topological polar surface area (TPSA) is 105 Å². The Bertz CT molecular complexity index is 1580. The van der Waals surface area contributed by atoms with Crippen molar-refractivity contribution in [3.63, 3.8) is 0 Å². The zero-order valence-electron chi connectivity index (χ0n) is 25.4. The first-order valence-corrected chi connectivity index (χ1v) is 15.6. The molecule has 10 heteroatoms. The van der Waals surface area contributed by atoms with Gasteiger partial charge < -0.3 is 20.5 Å². The van der Waals surface area contributed by atoms with Gasteiger partial charge in [0.1, 0.15) is 5.75 Å². The Hall–Kier alpha value is -4.60. The molecule has 3 N–H and O–H groups in total. The largest absolute Gasteiger partial charge is 0.493 e. The van der Waals surface area contributed by atoms with E-state index in [1.807, 2.05) is 24.3 Å². The summed E-state index contributed by atoms with van der Waals surface area (Å²) in [4.78, 5) is 36.9. The van der Waals surface area contributed by atoms with Crippen molar-refractivity contribution in [2.75, 3.05) is 18.5 Å². The molecule has 0 bridgehead atoms. The third kappa shape index (κ3) is 8.99. The van der Waals surface area contributed by atoms with Crippen LogP contribution in [-0.4, -0.2) is 36.0 Å². The molecule has 2 aliphatic carbocycles. The Morgan fingerprint density at radius 3 is 2.33 bits per heavy atom. The lowest BCUT2D eigenvalue weighted by molar-refractivity contribution is -0.139. The fourth-order valence-electron chi connectivity index (χ4n) is 5.48. The van der Waals surface area contributed by atoms with Crippen molar-refractivity contribution in [2.45, 2.75) is 63.5 Å². The van der Waals surface area contributed by atoms with Gasteiger partial charge >= 0.3 is 12.1 Å². The van der Waals surface area contributed by atoms with E-state index in [0.29, 0.717) is 11.1 Å². The van der Waals surface area contributed by atoms with Crippen LogP contribution in [0.5, 0.6) is 5.75 Å². The van der Waals surface area contributed by atoms with E-state index in [1.165, 1.54) is 17.7 Å². The first-order valence-electron chi connectivity index (χ1n) is 15.6. The summed E-state index contributed by atoms with van der Waals surface area (Å²) >= 11 is 0. The van der Waals surface area contributed by atoms with Crippen molar-refractivity contribution < 1.29 is 37.4 Å². The fraction of sp³-hybridized carbons (Fsp3) is 0.361. The fourth-order valence-corrected chi connectivity index (χ4v) is 5.48. The third-order valence-corrected chi connectivity index (χ3v) is 8.30. The first kappa shape index (κ1) is 32.8. The van der Waals surface area contributed by atoms with Crippen molar-refractivity contribution >= 4 is 29.0 Å². The van der Waals surface area contributed by atoms with Gasteiger partial charge in [-0.3, -0.25) is 14.4 Å². The average molecular weight is 635 g/mol. The number of rotatable bonds is 13. The number of amides is 2. The van der Waals surface area contributed by atoms with Crippen LogP contribution < -0.4 is 15.4 Å². The molecule has 1 unspecified atom stereocenters. The molecule has 0 aliphatic heterocycles. The summed E-state index contributed by atoms with van der Waals surface area (Å²) in [6, 6.07) is 17.9. The molecule has 2 aliphatic rings. The van der Waals surface area contributed by atoms with E-state index in [2.05, 4.69) is 16.7 Å². The van der Waals surface area contributed by atoms with Crippen molar-refractivity contribution in [3.05, 3.63) is 101 Å². The Labute approximate surface area is 265 Å². The number of allylic oxidation sites excluding steroid dienone is 2. The number of carboxylic acid groups (broad SMARTS) is 1. The number of aliphatic carboxylic acids is 1. The zero-order valence-corrected chi connectivity index (χ0v) is 25.4. The molecule has 46 heavy (non-hydrogen) atoms. The van der Waals surface area contributed by atoms with Gasteiger partial charge in [-0.25, -0.2) is 0 Å². The number of alkyl halides is 3. The Morgan fingerprint density at radius 1 is 0.957 bits per heavy atom. The van der Waals surface area contributed by atoms with Crippen LogP contribution >= 0.6 is 0 Å². The smallest absolute Gasteiger partial charge is 0.420 e. The minimum Gasteiger partial charge on any atom is -0.493 e. The standard InChI is InChI=1S/C36H37F3N2O5/c37-36(38,39)31-21-29(16-17-32(31)46-22-24-6-7-24)41-35(45)30(27-14-12-26(13-15-27)25-4-2-1-3-5-25)20-23-8-10-28(11-9-23)34(44)40-19-18-33(42)43/h4,8-17,21,24,30H,1-3,5-7,18-20,22H2,(H,40,44)(H,41,45)(H,42,43). The summed E-state index contributed by atoms with van der Waals surface area (Å²) in [6.45, 7) is 0.223. The number of hydrogen-bond acceptors (Lipinski definition) is 4. The van der Waals surface area contributed by atoms with E-state index < -0.39 is 35.4 Å². The Morgan fingerprint density at radius 2 is 1.70 bits per heavy atom. The van der Waals surface area contributed by atoms with E-state index in [1.54, 1.807) is 24.3 Å². The molecule has 1 saturated carbocycles. The number of anilines is 1. The molecule has 1 fully saturated rings. The highest BCUT2D eigenvalue weighted by Crippen LogP contribution is 2.39. The molecule has 0 aromatic heterocycles. The van der Waals surface area contributed by atoms with E-state index in [4.69, 9.17) is 9.84 Å². The minimum absolute atomic E-state index is 0.00522. The van der Waals surface area contributed by atoms with Crippen LogP contribution in [0.15, 0.2) is 72.8 Å². The van der Waals surface area contributed by atoms with E-state index in [-0.39, 0.29) is 43.3 Å². The summed E-state index contributed by atoms with van der Waals surface area (Å²) in [5.74, 6) is -2.63. The first-order chi connectivity index (χ1) is 22.1. The van der Waals surface area contributed by atoms with Crippen LogP contribution in [0.1, 0.15) is 83.5 Å². The highest BCUT2D eigenvalue weighted by molar-refractivity contribution is 5.96. The van der Waals surface area contributed by atoms with Crippen molar-refractivity contribution in [2.24, 2.45) is 5.92 Å².